The van der Waals surface area contributed by atoms with Crippen molar-refractivity contribution in [3.05, 3.63) is 82.0 Å². The average Bonchev–Trinajstić information content (AvgIpc) is 3.42. The molecule has 4 aromatic rings. The first-order chi connectivity index (χ1) is 16.0. The zero-order valence-electron chi connectivity index (χ0n) is 17.7. The van der Waals surface area contributed by atoms with E-state index in [1.807, 2.05) is 42.5 Å². The molecular weight excluding hydrogens is 446 g/mol. The van der Waals surface area contributed by atoms with Crippen molar-refractivity contribution in [2.75, 3.05) is 13.9 Å². The monoisotopic (exact) mass is 465 g/mol. The largest absolute Gasteiger partial charge is 0.497 e. The Morgan fingerprint density at radius 2 is 1.91 bits per heavy atom. The molecule has 1 aliphatic heterocycles. The predicted octanol–water partition coefficient (Wildman–Crippen LogP) is 5.43. The van der Waals surface area contributed by atoms with Gasteiger partial charge in [-0.3, -0.25) is 0 Å². The summed E-state index contributed by atoms with van der Waals surface area (Å²) in [5.41, 5.74) is 3.14. The number of hydrogen-bond acceptors (Lipinski definition) is 5. The summed E-state index contributed by atoms with van der Waals surface area (Å²) in [6.07, 6.45) is 0.302. The molecule has 1 aliphatic rings. The fourth-order valence-corrected chi connectivity index (χ4v) is 4.12. The Morgan fingerprint density at radius 3 is 2.70 bits per heavy atom. The number of aromatic carboxylic acids is 1. The number of nitrogens with one attached hydrogen (secondary N) is 1. The second-order valence-corrected chi connectivity index (χ2v) is 8.01. The summed E-state index contributed by atoms with van der Waals surface area (Å²) >= 11 is 6.45. The fraction of sp³-hybridized carbons (Fsp3) is 0.160. The van der Waals surface area contributed by atoms with Gasteiger partial charge in [-0.15, -0.1) is 0 Å². The van der Waals surface area contributed by atoms with Crippen molar-refractivity contribution in [3.63, 3.8) is 0 Å². The molecule has 2 N–H and O–H groups in total. The van der Waals surface area contributed by atoms with Crippen LogP contribution in [0.15, 0.2) is 54.6 Å². The fourth-order valence-electron chi connectivity index (χ4n) is 3.90. The van der Waals surface area contributed by atoms with E-state index >= 15 is 0 Å². The molecule has 168 valence electrons. The van der Waals surface area contributed by atoms with E-state index in [2.05, 4.69) is 4.98 Å². The number of rotatable bonds is 7. The Bertz CT molecular complexity index is 1360. The van der Waals surface area contributed by atoms with Crippen molar-refractivity contribution in [1.82, 2.24) is 4.98 Å². The van der Waals surface area contributed by atoms with Crippen LogP contribution >= 0.6 is 11.6 Å². The quantitative estimate of drug-likeness (QED) is 0.378. The third-order valence-electron chi connectivity index (χ3n) is 5.54. The van der Waals surface area contributed by atoms with Crippen molar-refractivity contribution in [3.8, 4) is 23.0 Å². The summed E-state index contributed by atoms with van der Waals surface area (Å²) in [6.45, 7) is 0.485. The van der Waals surface area contributed by atoms with Gasteiger partial charge in [0.2, 0.25) is 6.79 Å². The minimum Gasteiger partial charge on any atom is -0.497 e. The van der Waals surface area contributed by atoms with Gasteiger partial charge in [-0.05, 0) is 53.1 Å². The van der Waals surface area contributed by atoms with Gasteiger partial charge in [0.25, 0.3) is 0 Å². The minimum atomic E-state index is -1.04. The number of halogens is 1. The van der Waals surface area contributed by atoms with Crippen LogP contribution in [0.5, 0.6) is 23.0 Å². The maximum absolute atomic E-state index is 12.0. The zero-order chi connectivity index (χ0) is 22.9. The molecule has 0 aliphatic carbocycles. The molecule has 0 fully saturated rings. The molecule has 0 bridgehead atoms. The van der Waals surface area contributed by atoms with Gasteiger partial charge in [0.05, 0.1) is 7.11 Å². The molecule has 0 radical (unpaired) electrons. The van der Waals surface area contributed by atoms with Crippen LogP contribution in [0.2, 0.25) is 5.02 Å². The van der Waals surface area contributed by atoms with E-state index in [0.717, 1.165) is 22.3 Å². The van der Waals surface area contributed by atoms with Gasteiger partial charge in [0, 0.05) is 28.4 Å². The van der Waals surface area contributed by atoms with Crippen LogP contribution < -0.4 is 18.9 Å². The SMILES string of the molecule is COc1cccc(COc2ccc3[nH]c(C(=O)O)c(Cc4cc5c(cc4Cl)OCO5)c3c2)c1. The number of methoxy groups -OCH3 is 1. The summed E-state index contributed by atoms with van der Waals surface area (Å²) in [5.74, 6) is 1.50. The number of carboxylic acid groups (broad SMARTS) is 1. The van der Waals surface area contributed by atoms with Gasteiger partial charge in [-0.2, -0.15) is 0 Å². The molecule has 0 atom stereocenters. The van der Waals surface area contributed by atoms with Gasteiger partial charge >= 0.3 is 5.97 Å². The van der Waals surface area contributed by atoms with Gasteiger partial charge in [-0.25, -0.2) is 4.79 Å². The molecular formula is C25H20ClNO6. The van der Waals surface area contributed by atoms with Crippen molar-refractivity contribution < 1.29 is 28.8 Å². The first-order valence-corrected chi connectivity index (χ1v) is 10.6. The van der Waals surface area contributed by atoms with Crippen LogP contribution in [0.3, 0.4) is 0 Å². The van der Waals surface area contributed by atoms with Crippen molar-refractivity contribution in [2.24, 2.45) is 0 Å². The number of benzene rings is 3. The second-order valence-electron chi connectivity index (χ2n) is 7.60. The summed E-state index contributed by atoms with van der Waals surface area (Å²) < 4.78 is 22.1. The molecule has 33 heavy (non-hydrogen) atoms. The highest BCUT2D eigenvalue weighted by atomic mass is 35.5. The lowest BCUT2D eigenvalue weighted by Crippen LogP contribution is -2.02. The van der Waals surface area contributed by atoms with E-state index in [1.54, 1.807) is 19.2 Å². The Labute approximate surface area is 194 Å². The minimum absolute atomic E-state index is 0.115. The molecule has 0 spiro atoms. The lowest BCUT2D eigenvalue weighted by molar-refractivity contribution is 0.0690. The Balaban J connectivity index is 1.48. The Morgan fingerprint density at radius 1 is 1.09 bits per heavy atom. The number of carbonyl (C=O) groups is 1. The number of aromatic nitrogens is 1. The second kappa shape index (κ2) is 8.60. The molecule has 0 saturated carbocycles. The smallest absolute Gasteiger partial charge is 0.352 e. The van der Waals surface area contributed by atoms with Crippen LogP contribution in [0.4, 0.5) is 0 Å². The van der Waals surface area contributed by atoms with Crippen LogP contribution in [0.1, 0.15) is 27.2 Å². The highest BCUT2D eigenvalue weighted by Gasteiger charge is 2.22. The van der Waals surface area contributed by atoms with Crippen molar-refractivity contribution >= 4 is 28.5 Å². The molecule has 8 heteroatoms. The first-order valence-electron chi connectivity index (χ1n) is 10.2. The molecule has 0 amide bonds. The standard InChI is InChI=1S/C25H20ClNO6/c1-30-16-4-2-3-14(7-16)12-31-17-5-6-21-18(10-17)19(24(27-21)25(28)29)8-15-9-22-23(11-20(15)26)33-13-32-22/h2-7,9-11,27H,8,12-13H2,1H3,(H,28,29). The Hall–Kier alpha value is -3.84. The summed E-state index contributed by atoms with van der Waals surface area (Å²) in [5, 5.41) is 11.0. The van der Waals surface area contributed by atoms with Gasteiger partial charge in [0.15, 0.2) is 11.5 Å². The van der Waals surface area contributed by atoms with Crippen LogP contribution in [0.25, 0.3) is 10.9 Å². The van der Waals surface area contributed by atoms with Gasteiger partial charge in [0.1, 0.15) is 23.8 Å². The molecule has 5 rings (SSSR count). The molecule has 7 nitrogen and oxygen atoms in total. The maximum atomic E-state index is 12.0. The van der Waals surface area contributed by atoms with Gasteiger partial charge < -0.3 is 29.0 Å². The van der Waals surface area contributed by atoms with E-state index in [9.17, 15) is 9.90 Å². The highest BCUT2D eigenvalue weighted by Crippen LogP contribution is 2.39. The highest BCUT2D eigenvalue weighted by molar-refractivity contribution is 6.31. The molecule has 1 aromatic heterocycles. The lowest BCUT2D eigenvalue weighted by atomic mass is 10.0. The first kappa shape index (κ1) is 21.0. The van der Waals surface area contributed by atoms with E-state index in [4.69, 9.17) is 30.5 Å². The zero-order valence-corrected chi connectivity index (χ0v) is 18.4. The van der Waals surface area contributed by atoms with E-state index in [1.165, 1.54) is 0 Å². The summed E-state index contributed by atoms with van der Waals surface area (Å²) in [6, 6.07) is 16.6. The summed E-state index contributed by atoms with van der Waals surface area (Å²) in [7, 11) is 1.62. The van der Waals surface area contributed by atoms with Crippen LogP contribution in [0, 0.1) is 0 Å². The molecule has 0 unspecified atom stereocenters. The summed E-state index contributed by atoms with van der Waals surface area (Å²) in [4.78, 5) is 15.0. The number of carboxylic acids is 1. The average molecular weight is 466 g/mol. The van der Waals surface area contributed by atoms with E-state index in [0.29, 0.717) is 46.4 Å². The number of hydrogen-bond donors (Lipinski definition) is 2. The normalized spacial score (nSPS) is 12.2. The third kappa shape index (κ3) is 4.15. The van der Waals surface area contributed by atoms with Crippen LogP contribution in [-0.2, 0) is 13.0 Å². The topological polar surface area (TPSA) is 90.0 Å². The van der Waals surface area contributed by atoms with E-state index in [-0.39, 0.29) is 12.5 Å². The maximum Gasteiger partial charge on any atom is 0.352 e. The molecule has 2 heterocycles. The van der Waals surface area contributed by atoms with Crippen molar-refractivity contribution in [2.45, 2.75) is 13.0 Å². The van der Waals surface area contributed by atoms with E-state index < -0.39 is 5.97 Å². The van der Waals surface area contributed by atoms with Gasteiger partial charge in [-0.1, -0.05) is 23.7 Å². The molecule has 3 aromatic carbocycles. The van der Waals surface area contributed by atoms with Crippen molar-refractivity contribution in [1.29, 1.82) is 0 Å². The number of H-pyrrole nitrogens is 1. The Kier molecular flexibility index (Phi) is 5.48. The number of ether oxygens (including phenoxy) is 4. The van der Waals surface area contributed by atoms with Crippen LogP contribution in [-0.4, -0.2) is 30.0 Å². The molecule has 0 saturated heterocycles. The predicted molar refractivity (Wildman–Crippen MR) is 123 cm³/mol. The third-order valence-corrected chi connectivity index (χ3v) is 5.89. The number of fused-ring (bicyclic) bond motifs is 2. The number of aromatic amines is 1. The lowest BCUT2D eigenvalue weighted by Gasteiger charge is -2.09.